The average Bonchev–Trinajstić information content (AvgIpc) is 3.20. The number of amides is 1. The van der Waals surface area contributed by atoms with Gasteiger partial charge in [-0.25, -0.2) is 4.98 Å². The molecule has 0 fully saturated rings. The number of hydrogen-bond acceptors (Lipinski definition) is 4. The molecule has 0 spiro atoms. The van der Waals surface area contributed by atoms with Gasteiger partial charge in [0, 0.05) is 12.4 Å². The highest BCUT2D eigenvalue weighted by Crippen LogP contribution is 2.25. The maximum atomic E-state index is 12.1. The summed E-state index contributed by atoms with van der Waals surface area (Å²) in [5, 5.41) is 2.92. The number of carbonyl (C=O) groups excluding carboxylic acids is 1. The summed E-state index contributed by atoms with van der Waals surface area (Å²) in [6.45, 7) is 1.12. The summed E-state index contributed by atoms with van der Waals surface area (Å²) in [5.41, 5.74) is 0.565. The molecule has 3 rings (SSSR count). The molecule has 1 aromatic carbocycles. The Labute approximate surface area is 137 Å². The Kier molecular flexibility index (Phi) is 4.63. The molecule has 0 radical (unpaired) electrons. The molecule has 0 aliphatic rings. The van der Waals surface area contributed by atoms with Crippen molar-refractivity contribution in [2.75, 3.05) is 11.9 Å². The molecule has 0 unspecified atom stereocenters. The first kappa shape index (κ1) is 15.2. The number of imidazole rings is 1. The predicted molar refractivity (Wildman–Crippen MR) is 85.8 cm³/mol. The van der Waals surface area contributed by atoms with Gasteiger partial charge in [-0.2, -0.15) is 0 Å². The Morgan fingerprint density at radius 2 is 2.17 bits per heavy atom. The molecular weight excluding hydrogens is 318 g/mol. The number of aromatic nitrogens is 2. The monoisotopic (exact) mass is 331 g/mol. The lowest BCUT2D eigenvalue weighted by Crippen LogP contribution is -2.13. The Bertz CT molecular complexity index is 783. The summed E-state index contributed by atoms with van der Waals surface area (Å²) in [4.78, 5) is 16.1. The molecule has 23 heavy (non-hydrogen) atoms. The SMILES string of the molecule is O=C(Nc1ccccc1OCCn1ccnc1)c1ccc(Cl)o1. The fourth-order valence-corrected chi connectivity index (χ4v) is 2.14. The second kappa shape index (κ2) is 7.02. The van der Waals surface area contributed by atoms with Gasteiger partial charge in [-0.15, -0.1) is 0 Å². The average molecular weight is 332 g/mol. The number of ether oxygens (including phenoxy) is 1. The molecule has 0 aliphatic carbocycles. The first-order valence-electron chi connectivity index (χ1n) is 6.96. The highest BCUT2D eigenvalue weighted by atomic mass is 35.5. The van der Waals surface area contributed by atoms with Crippen LogP contribution in [-0.2, 0) is 6.54 Å². The highest BCUT2D eigenvalue weighted by Gasteiger charge is 2.13. The molecule has 7 heteroatoms. The van der Waals surface area contributed by atoms with Gasteiger partial charge < -0.3 is 19.0 Å². The summed E-state index contributed by atoms with van der Waals surface area (Å²) in [5.74, 6) is 0.337. The van der Waals surface area contributed by atoms with E-state index < -0.39 is 0 Å². The van der Waals surface area contributed by atoms with Crippen molar-refractivity contribution in [3.63, 3.8) is 0 Å². The molecular formula is C16H14ClN3O3. The van der Waals surface area contributed by atoms with Crippen molar-refractivity contribution in [3.05, 3.63) is 66.1 Å². The van der Waals surface area contributed by atoms with E-state index in [1.807, 2.05) is 22.9 Å². The lowest BCUT2D eigenvalue weighted by atomic mass is 10.3. The van der Waals surface area contributed by atoms with Crippen LogP contribution in [0.5, 0.6) is 5.75 Å². The number of furan rings is 1. The first-order chi connectivity index (χ1) is 11.2. The van der Waals surface area contributed by atoms with Gasteiger partial charge in [0.2, 0.25) is 0 Å². The number of carbonyl (C=O) groups is 1. The van der Waals surface area contributed by atoms with Crippen LogP contribution in [0, 0.1) is 0 Å². The zero-order valence-corrected chi connectivity index (χ0v) is 12.9. The van der Waals surface area contributed by atoms with Gasteiger partial charge in [-0.3, -0.25) is 4.79 Å². The van der Waals surface area contributed by atoms with E-state index in [9.17, 15) is 4.79 Å². The van der Waals surface area contributed by atoms with E-state index in [2.05, 4.69) is 10.3 Å². The van der Waals surface area contributed by atoms with Crippen LogP contribution in [0.4, 0.5) is 5.69 Å². The van der Waals surface area contributed by atoms with Gasteiger partial charge in [0.1, 0.15) is 12.4 Å². The van der Waals surface area contributed by atoms with Crippen molar-refractivity contribution in [2.24, 2.45) is 0 Å². The molecule has 1 N–H and O–H groups in total. The Morgan fingerprint density at radius 1 is 1.30 bits per heavy atom. The van der Waals surface area contributed by atoms with Crippen LogP contribution < -0.4 is 10.1 Å². The standard InChI is InChI=1S/C16H14ClN3O3/c17-15-6-5-14(23-15)16(21)19-12-3-1-2-4-13(12)22-10-9-20-8-7-18-11-20/h1-8,11H,9-10H2,(H,19,21). The topological polar surface area (TPSA) is 69.3 Å². The first-order valence-corrected chi connectivity index (χ1v) is 7.34. The van der Waals surface area contributed by atoms with E-state index in [0.29, 0.717) is 24.6 Å². The van der Waals surface area contributed by atoms with Crippen LogP contribution in [0.1, 0.15) is 10.6 Å². The maximum absolute atomic E-state index is 12.1. The number of anilines is 1. The molecule has 0 saturated heterocycles. The number of rotatable bonds is 6. The minimum Gasteiger partial charge on any atom is -0.490 e. The van der Waals surface area contributed by atoms with Crippen molar-refractivity contribution in [2.45, 2.75) is 6.54 Å². The summed E-state index contributed by atoms with van der Waals surface area (Å²) >= 11 is 5.68. The van der Waals surface area contributed by atoms with Crippen LogP contribution in [0.25, 0.3) is 0 Å². The van der Waals surface area contributed by atoms with Gasteiger partial charge in [-0.05, 0) is 35.9 Å². The van der Waals surface area contributed by atoms with Crippen molar-refractivity contribution in [1.29, 1.82) is 0 Å². The van der Waals surface area contributed by atoms with Crippen LogP contribution in [0.2, 0.25) is 5.22 Å². The molecule has 0 bridgehead atoms. The van der Waals surface area contributed by atoms with Crippen molar-refractivity contribution >= 4 is 23.2 Å². The fraction of sp³-hybridized carbons (Fsp3) is 0.125. The van der Waals surface area contributed by atoms with Gasteiger partial charge in [-0.1, -0.05) is 12.1 Å². The Morgan fingerprint density at radius 3 is 2.91 bits per heavy atom. The summed E-state index contributed by atoms with van der Waals surface area (Å²) in [6.07, 6.45) is 5.29. The second-order valence-corrected chi connectivity index (χ2v) is 5.08. The van der Waals surface area contributed by atoms with Gasteiger partial charge in [0.05, 0.1) is 18.6 Å². The van der Waals surface area contributed by atoms with E-state index in [-0.39, 0.29) is 16.9 Å². The Hall–Kier alpha value is -2.73. The molecule has 1 amide bonds. The number of nitrogens with zero attached hydrogens (tertiary/aromatic N) is 2. The smallest absolute Gasteiger partial charge is 0.291 e. The fourth-order valence-electron chi connectivity index (χ4n) is 2.00. The number of nitrogens with one attached hydrogen (secondary N) is 1. The normalized spacial score (nSPS) is 10.5. The molecule has 0 aliphatic heterocycles. The Balaban J connectivity index is 1.64. The number of halogens is 1. The number of para-hydroxylation sites is 2. The quantitative estimate of drug-likeness (QED) is 0.751. The molecule has 0 atom stereocenters. The molecule has 0 saturated carbocycles. The third-order valence-corrected chi connectivity index (χ3v) is 3.30. The summed E-state index contributed by atoms with van der Waals surface area (Å²) in [7, 11) is 0. The van der Waals surface area contributed by atoms with Crippen molar-refractivity contribution < 1.29 is 13.9 Å². The van der Waals surface area contributed by atoms with Crippen LogP contribution in [0.15, 0.2) is 59.5 Å². The molecule has 3 aromatic rings. The molecule has 6 nitrogen and oxygen atoms in total. The van der Waals surface area contributed by atoms with Crippen LogP contribution >= 0.6 is 11.6 Å². The lowest BCUT2D eigenvalue weighted by molar-refractivity contribution is 0.0996. The number of benzene rings is 1. The van der Waals surface area contributed by atoms with Gasteiger partial charge in [0.15, 0.2) is 11.0 Å². The predicted octanol–water partition coefficient (Wildman–Crippen LogP) is 3.46. The zero-order valence-electron chi connectivity index (χ0n) is 12.1. The van der Waals surface area contributed by atoms with Gasteiger partial charge >= 0.3 is 0 Å². The van der Waals surface area contributed by atoms with E-state index in [1.54, 1.807) is 24.7 Å². The van der Waals surface area contributed by atoms with Crippen LogP contribution in [-0.4, -0.2) is 22.1 Å². The van der Waals surface area contributed by atoms with Crippen LogP contribution in [0.3, 0.4) is 0 Å². The zero-order chi connectivity index (χ0) is 16.1. The second-order valence-electron chi connectivity index (χ2n) is 4.70. The van der Waals surface area contributed by atoms with Crippen molar-refractivity contribution in [3.8, 4) is 5.75 Å². The highest BCUT2D eigenvalue weighted by molar-refractivity contribution is 6.29. The number of hydrogen-bond donors (Lipinski definition) is 1. The molecule has 118 valence electrons. The van der Waals surface area contributed by atoms with E-state index >= 15 is 0 Å². The summed E-state index contributed by atoms with van der Waals surface area (Å²) in [6, 6.07) is 10.2. The molecule has 2 heterocycles. The third-order valence-electron chi connectivity index (χ3n) is 3.10. The van der Waals surface area contributed by atoms with E-state index in [0.717, 1.165) is 0 Å². The minimum absolute atomic E-state index is 0.142. The largest absolute Gasteiger partial charge is 0.490 e. The van der Waals surface area contributed by atoms with E-state index in [4.69, 9.17) is 20.8 Å². The van der Waals surface area contributed by atoms with Crippen molar-refractivity contribution in [1.82, 2.24) is 9.55 Å². The minimum atomic E-state index is -0.387. The van der Waals surface area contributed by atoms with E-state index in [1.165, 1.54) is 12.1 Å². The third kappa shape index (κ3) is 3.92. The lowest BCUT2D eigenvalue weighted by Gasteiger charge is -2.12. The summed E-state index contributed by atoms with van der Waals surface area (Å²) < 4.78 is 12.7. The maximum Gasteiger partial charge on any atom is 0.291 e. The molecule has 2 aromatic heterocycles. The van der Waals surface area contributed by atoms with Gasteiger partial charge in [0.25, 0.3) is 5.91 Å².